The van der Waals surface area contributed by atoms with Gasteiger partial charge in [0, 0.05) is 18.3 Å². The number of carbonyl (C=O) groups excluding carboxylic acids is 1. The molecule has 0 amide bonds. The minimum atomic E-state index is -4.79. The third-order valence-electron chi connectivity index (χ3n) is 6.41. The molecule has 1 unspecified atom stereocenters. The molecule has 0 radical (unpaired) electrons. The highest BCUT2D eigenvalue weighted by Crippen LogP contribution is 2.39. The van der Waals surface area contributed by atoms with E-state index in [0.29, 0.717) is 22.4 Å². The van der Waals surface area contributed by atoms with E-state index in [2.05, 4.69) is 14.7 Å². The molecule has 4 aromatic rings. The molecule has 0 spiro atoms. The summed E-state index contributed by atoms with van der Waals surface area (Å²) in [5, 5.41) is 0. The van der Waals surface area contributed by atoms with Crippen molar-refractivity contribution in [2.24, 2.45) is 10.9 Å². The molecule has 0 fully saturated rings. The van der Waals surface area contributed by atoms with E-state index in [1.807, 2.05) is 0 Å². The van der Waals surface area contributed by atoms with Crippen molar-refractivity contribution in [1.82, 2.24) is 4.98 Å². The quantitative estimate of drug-likeness (QED) is 0.179. The van der Waals surface area contributed by atoms with Crippen LogP contribution in [0.1, 0.15) is 29.3 Å². The van der Waals surface area contributed by atoms with Gasteiger partial charge in [0.05, 0.1) is 23.2 Å². The highest BCUT2D eigenvalue weighted by molar-refractivity contribution is 6.04. The second-order valence-corrected chi connectivity index (χ2v) is 9.05. The zero-order chi connectivity index (χ0) is 28.3. The van der Waals surface area contributed by atoms with E-state index in [9.17, 15) is 26.7 Å². The largest absolute Gasteiger partial charge is 0.573 e. The van der Waals surface area contributed by atoms with Gasteiger partial charge < -0.3 is 9.47 Å². The maximum absolute atomic E-state index is 14.6. The predicted molar refractivity (Wildman–Crippen MR) is 136 cm³/mol. The molecule has 40 heavy (non-hydrogen) atoms. The van der Waals surface area contributed by atoms with Gasteiger partial charge in [-0.3, -0.25) is 14.8 Å². The Kier molecular flexibility index (Phi) is 7.59. The fourth-order valence-electron chi connectivity index (χ4n) is 4.55. The Hall–Kier alpha value is -4.60. The molecule has 0 aliphatic carbocycles. The van der Waals surface area contributed by atoms with Gasteiger partial charge in [0.15, 0.2) is 0 Å². The van der Waals surface area contributed by atoms with E-state index in [-0.39, 0.29) is 30.1 Å². The fourth-order valence-corrected chi connectivity index (χ4v) is 4.55. The van der Waals surface area contributed by atoms with Crippen LogP contribution >= 0.6 is 0 Å². The number of benzene rings is 3. The van der Waals surface area contributed by atoms with Crippen LogP contribution in [0.25, 0.3) is 11.1 Å². The SMILES string of the molecule is O=C(OCc1ccccn1)[C@H]1CC(c2c(F)cccc2F)=NC1c1ccc(-c2ccc(OC(F)(F)F)cc2)cc1. The summed E-state index contributed by atoms with van der Waals surface area (Å²) in [6.45, 7) is -0.0702. The van der Waals surface area contributed by atoms with Crippen LogP contribution in [-0.2, 0) is 16.1 Å². The number of hydrogen-bond acceptors (Lipinski definition) is 5. The van der Waals surface area contributed by atoms with Gasteiger partial charge >= 0.3 is 12.3 Å². The minimum Gasteiger partial charge on any atom is -0.459 e. The number of ether oxygens (including phenoxy) is 2. The monoisotopic (exact) mass is 552 g/mol. The molecule has 10 heteroatoms. The number of hydrogen-bond donors (Lipinski definition) is 0. The summed E-state index contributed by atoms with van der Waals surface area (Å²) in [6.07, 6.45) is -3.25. The maximum Gasteiger partial charge on any atom is 0.573 e. The highest BCUT2D eigenvalue weighted by Gasteiger charge is 2.39. The number of aromatic nitrogens is 1. The Morgan fingerprint density at radius 1 is 0.850 bits per heavy atom. The van der Waals surface area contributed by atoms with Gasteiger partial charge in [0.1, 0.15) is 24.0 Å². The summed E-state index contributed by atoms with van der Waals surface area (Å²) < 4.78 is 75.9. The second kappa shape index (κ2) is 11.3. The van der Waals surface area contributed by atoms with Gasteiger partial charge in [-0.1, -0.05) is 48.5 Å². The number of carbonyl (C=O) groups is 1. The van der Waals surface area contributed by atoms with Gasteiger partial charge in [-0.15, -0.1) is 13.2 Å². The molecule has 5 rings (SSSR count). The van der Waals surface area contributed by atoms with Gasteiger partial charge in [-0.25, -0.2) is 8.78 Å². The lowest BCUT2D eigenvalue weighted by Gasteiger charge is -2.18. The number of pyridine rings is 1. The first-order valence-corrected chi connectivity index (χ1v) is 12.2. The zero-order valence-corrected chi connectivity index (χ0v) is 20.7. The predicted octanol–water partition coefficient (Wildman–Crippen LogP) is 7.22. The lowest BCUT2D eigenvalue weighted by molar-refractivity contribution is -0.274. The third-order valence-corrected chi connectivity index (χ3v) is 6.41. The number of aliphatic imine (C=N–C) groups is 1. The van der Waals surface area contributed by atoms with Crippen molar-refractivity contribution in [1.29, 1.82) is 0 Å². The van der Waals surface area contributed by atoms with Gasteiger partial charge in [0.2, 0.25) is 0 Å². The van der Waals surface area contributed by atoms with Crippen LogP contribution in [0, 0.1) is 17.6 Å². The van der Waals surface area contributed by atoms with Gasteiger partial charge in [-0.05, 0) is 53.1 Å². The first-order chi connectivity index (χ1) is 19.2. The molecular weight excluding hydrogens is 531 g/mol. The summed E-state index contributed by atoms with van der Waals surface area (Å²) >= 11 is 0. The summed E-state index contributed by atoms with van der Waals surface area (Å²) in [6, 6.07) is 20.2. The lowest BCUT2D eigenvalue weighted by Crippen LogP contribution is -2.22. The standard InChI is InChI=1S/C30H21F5N2O3/c31-24-5-3-6-25(32)27(24)26-16-23(29(38)39-17-21-4-1-2-15-36-21)28(37-26)20-9-7-18(8-10-20)19-11-13-22(14-12-19)40-30(33,34)35/h1-15,23,28H,16-17H2/t23-,28?/m0/s1. The van der Waals surface area contributed by atoms with Crippen LogP contribution in [-0.4, -0.2) is 23.0 Å². The van der Waals surface area contributed by atoms with E-state index < -0.39 is 35.9 Å². The molecule has 1 aliphatic heterocycles. The molecule has 1 aliphatic rings. The molecule has 0 N–H and O–H groups in total. The highest BCUT2D eigenvalue weighted by atomic mass is 19.4. The topological polar surface area (TPSA) is 60.8 Å². The van der Waals surface area contributed by atoms with Crippen LogP contribution in [0.15, 0.2) is 96.1 Å². The Morgan fingerprint density at radius 2 is 1.50 bits per heavy atom. The smallest absolute Gasteiger partial charge is 0.459 e. The zero-order valence-electron chi connectivity index (χ0n) is 20.7. The molecule has 2 heterocycles. The van der Waals surface area contributed by atoms with Gasteiger partial charge in [-0.2, -0.15) is 0 Å². The van der Waals surface area contributed by atoms with Crippen LogP contribution < -0.4 is 4.74 Å². The Morgan fingerprint density at radius 3 is 2.10 bits per heavy atom. The maximum atomic E-state index is 14.6. The number of rotatable bonds is 7. The average molecular weight is 552 g/mol. The molecule has 0 saturated heterocycles. The van der Waals surface area contributed by atoms with Crippen LogP contribution in [0.5, 0.6) is 5.75 Å². The van der Waals surface area contributed by atoms with E-state index in [4.69, 9.17) is 4.74 Å². The second-order valence-electron chi connectivity index (χ2n) is 9.05. The summed E-state index contributed by atoms with van der Waals surface area (Å²) in [5.74, 6) is -3.34. The average Bonchev–Trinajstić information content (AvgIpc) is 3.37. The van der Waals surface area contributed by atoms with Crippen molar-refractivity contribution >= 4 is 11.7 Å². The van der Waals surface area contributed by atoms with Crippen molar-refractivity contribution in [3.05, 3.63) is 120 Å². The third kappa shape index (κ3) is 6.17. The molecule has 0 bridgehead atoms. The van der Waals surface area contributed by atoms with Crippen LogP contribution in [0.4, 0.5) is 22.0 Å². The van der Waals surface area contributed by atoms with Crippen molar-refractivity contribution in [3.63, 3.8) is 0 Å². The van der Waals surface area contributed by atoms with E-state index in [1.54, 1.807) is 48.7 Å². The van der Waals surface area contributed by atoms with E-state index in [0.717, 1.165) is 12.1 Å². The first kappa shape index (κ1) is 27.0. The molecule has 3 aromatic carbocycles. The van der Waals surface area contributed by atoms with E-state index >= 15 is 0 Å². The van der Waals surface area contributed by atoms with Crippen molar-refractivity contribution < 1.29 is 36.2 Å². The van der Waals surface area contributed by atoms with Gasteiger partial charge in [0.25, 0.3) is 0 Å². The summed E-state index contributed by atoms with van der Waals surface area (Å²) in [4.78, 5) is 21.9. The van der Waals surface area contributed by atoms with Crippen LogP contribution in [0.3, 0.4) is 0 Å². The van der Waals surface area contributed by atoms with Crippen molar-refractivity contribution in [3.8, 4) is 16.9 Å². The molecule has 204 valence electrons. The Labute approximate surface area is 225 Å². The minimum absolute atomic E-state index is 0.0357. The lowest BCUT2D eigenvalue weighted by atomic mass is 9.90. The molecule has 2 atom stereocenters. The normalized spacial score (nSPS) is 16.9. The molecule has 0 saturated carbocycles. The number of halogens is 5. The molecule has 5 nitrogen and oxygen atoms in total. The van der Waals surface area contributed by atoms with Crippen molar-refractivity contribution in [2.75, 3.05) is 0 Å². The summed E-state index contributed by atoms with van der Waals surface area (Å²) in [5.41, 5.74) is 2.31. The van der Waals surface area contributed by atoms with Crippen LogP contribution in [0.2, 0.25) is 0 Å². The van der Waals surface area contributed by atoms with E-state index in [1.165, 1.54) is 30.3 Å². The Balaban J connectivity index is 1.40. The fraction of sp³-hybridized carbons (Fsp3) is 0.167. The molecule has 1 aromatic heterocycles. The summed E-state index contributed by atoms with van der Waals surface area (Å²) in [7, 11) is 0. The van der Waals surface area contributed by atoms with Crippen molar-refractivity contribution in [2.45, 2.75) is 25.4 Å². The molecular formula is C30H21F5N2O3. The number of alkyl halides is 3. The number of nitrogens with zero attached hydrogens (tertiary/aromatic N) is 2. The number of esters is 1. The Bertz CT molecular complexity index is 1500. The first-order valence-electron chi connectivity index (χ1n) is 12.2.